The maximum Gasteiger partial charge on any atom is 0.342 e. The molecule has 1 aromatic carbocycles. The van der Waals surface area contributed by atoms with Gasteiger partial charge in [0.25, 0.3) is 5.69 Å². The zero-order valence-electron chi connectivity index (χ0n) is 11.1. The molecule has 20 heavy (non-hydrogen) atoms. The van der Waals surface area contributed by atoms with Gasteiger partial charge < -0.3 is 15.3 Å². The van der Waals surface area contributed by atoms with Crippen LogP contribution >= 0.6 is 0 Å². The van der Waals surface area contributed by atoms with E-state index >= 15 is 0 Å². The Balaban J connectivity index is 3.18. The normalized spacial score (nSPS) is 9.90. The molecule has 108 valence electrons. The van der Waals surface area contributed by atoms with Crippen LogP contribution in [0.15, 0.2) is 18.2 Å². The summed E-state index contributed by atoms with van der Waals surface area (Å²) in [6.07, 6.45) is 0. The van der Waals surface area contributed by atoms with Gasteiger partial charge in [0.2, 0.25) is 5.91 Å². The summed E-state index contributed by atoms with van der Waals surface area (Å²) >= 11 is 0. The summed E-state index contributed by atoms with van der Waals surface area (Å²) in [5.74, 6) is -1.61. The van der Waals surface area contributed by atoms with Gasteiger partial charge in [-0.15, -0.1) is 0 Å². The lowest BCUT2D eigenvalue weighted by molar-refractivity contribution is -0.385. The van der Waals surface area contributed by atoms with Gasteiger partial charge in [0, 0.05) is 25.3 Å². The van der Waals surface area contributed by atoms with Crippen molar-refractivity contribution in [2.45, 2.75) is 6.92 Å². The summed E-state index contributed by atoms with van der Waals surface area (Å²) in [7, 11) is 1.49. The Labute approximate surface area is 115 Å². The maximum atomic E-state index is 11.4. The fourth-order valence-corrected chi connectivity index (χ4v) is 1.69. The topological polar surface area (TPSA) is 113 Å². The number of likely N-dealkylation sites (N-methyl/N-ethyl adjacent to an activating group) is 2. The molecule has 0 bridgehead atoms. The van der Waals surface area contributed by atoms with Crippen molar-refractivity contribution in [3.05, 3.63) is 33.9 Å². The fraction of sp³-hybridized carbons (Fsp3) is 0.333. The second kappa shape index (κ2) is 6.50. The van der Waals surface area contributed by atoms with Gasteiger partial charge in [-0.3, -0.25) is 14.9 Å². The van der Waals surface area contributed by atoms with Gasteiger partial charge in [0.1, 0.15) is 5.56 Å². The Bertz CT molecular complexity index is 544. The molecule has 0 atom stereocenters. The van der Waals surface area contributed by atoms with E-state index < -0.39 is 22.1 Å². The number of rotatable bonds is 6. The molecule has 1 rings (SSSR count). The Morgan fingerprint density at radius 2 is 2.10 bits per heavy atom. The molecule has 2 N–H and O–H groups in total. The molecule has 0 aliphatic heterocycles. The third-order valence-electron chi connectivity index (χ3n) is 2.77. The van der Waals surface area contributed by atoms with Crippen LogP contribution in [0, 0.1) is 10.1 Å². The fourth-order valence-electron chi connectivity index (χ4n) is 1.69. The molecular formula is C12H15N3O5. The highest BCUT2D eigenvalue weighted by atomic mass is 16.6. The van der Waals surface area contributed by atoms with Gasteiger partial charge in [-0.2, -0.15) is 0 Å². The lowest BCUT2D eigenvalue weighted by Gasteiger charge is -2.22. The Hall–Kier alpha value is -2.64. The lowest BCUT2D eigenvalue weighted by atomic mass is 10.1. The van der Waals surface area contributed by atoms with Gasteiger partial charge in [0.15, 0.2) is 0 Å². The van der Waals surface area contributed by atoms with Gasteiger partial charge in [0.05, 0.1) is 11.5 Å². The van der Waals surface area contributed by atoms with Crippen LogP contribution in [0.3, 0.4) is 0 Å². The van der Waals surface area contributed by atoms with E-state index in [0.29, 0.717) is 12.2 Å². The standard InChI is InChI=1S/C12H15N3O5/c1-3-14(7-11(16)13-2)8-4-5-10(15(19)20)9(6-8)12(17)18/h4-6H,3,7H2,1-2H3,(H,13,16)(H,17,18). The van der Waals surface area contributed by atoms with Crippen molar-refractivity contribution in [2.75, 3.05) is 25.0 Å². The van der Waals surface area contributed by atoms with Crippen LogP contribution in [-0.2, 0) is 4.79 Å². The Morgan fingerprint density at radius 3 is 2.55 bits per heavy atom. The number of amides is 1. The van der Waals surface area contributed by atoms with Crippen LogP contribution in [0.1, 0.15) is 17.3 Å². The number of nitro benzene ring substituents is 1. The van der Waals surface area contributed by atoms with Gasteiger partial charge >= 0.3 is 5.97 Å². The average Bonchev–Trinajstić information content (AvgIpc) is 2.43. The van der Waals surface area contributed by atoms with E-state index in [0.717, 1.165) is 6.07 Å². The highest BCUT2D eigenvalue weighted by Crippen LogP contribution is 2.25. The summed E-state index contributed by atoms with van der Waals surface area (Å²) in [5, 5.41) is 22.2. The van der Waals surface area contributed by atoms with Crippen LogP contribution in [0.2, 0.25) is 0 Å². The summed E-state index contributed by atoms with van der Waals surface area (Å²) < 4.78 is 0. The first-order valence-electron chi connectivity index (χ1n) is 5.88. The average molecular weight is 281 g/mol. The van der Waals surface area contributed by atoms with Crippen molar-refractivity contribution in [2.24, 2.45) is 0 Å². The number of anilines is 1. The zero-order chi connectivity index (χ0) is 15.3. The molecule has 0 saturated heterocycles. The quantitative estimate of drug-likeness (QED) is 0.590. The number of carbonyl (C=O) groups excluding carboxylic acids is 1. The first-order valence-corrected chi connectivity index (χ1v) is 5.88. The van der Waals surface area contributed by atoms with E-state index in [2.05, 4.69) is 5.32 Å². The molecule has 0 spiro atoms. The van der Waals surface area contributed by atoms with E-state index in [9.17, 15) is 19.7 Å². The van der Waals surface area contributed by atoms with Crippen LogP contribution in [-0.4, -0.2) is 42.0 Å². The smallest absolute Gasteiger partial charge is 0.342 e. The zero-order valence-corrected chi connectivity index (χ0v) is 11.1. The Kier molecular flexibility index (Phi) is 5.01. The Morgan fingerprint density at radius 1 is 1.45 bits per heavy atom. The lowest BCUT2D eigenvalue weighted by Crippen LogP contribution is -2.35. The van der Waals surface area contributed by atoms with E-state index in [1.807, 2.05) is 0 Å². The molecule has 1 aromatic rings. The molecule has 0 aliphatic rings. The summed E-state index contributed by atoms with van der Waals surface area (Å²) in [6, 6.07) is 3.76. The summed E-state index contributed by atoms with van der Waals surface area (Å²) in [6.45, 7) is 2.30. The molecule has 8 nitrogen and oxygen atoms in total. The third kappa shape index (κ3) is 3.44. The SMILES string of the molecule is CCN(CC(=O)NC)c1ccc([N+](=O)[O-])c(C(=O)O)c1. The number of aromatic carboxylic acids is 1. The predicted molar refractivity (Wildman–Crippen MR) is 72.0 cm³/mol. The van der Waals surface area contributed by atoms with Crippen LogP contribution in [0.25, 0.3) is 0 Å². The summed E-state index contributed by atoms with van der Waals surface area (Å²) in [5.41, 5.74) is -0.431. The minimum atomic E-state index is -1.38. The number of hydrogen-bond acceptors (Lipinski definition) is 5. The molecular weight excluding hydrogens is 266 g/mol. The van der Waals surface area contributed by atoms with Crippen LogP contribution < -0.4 is 10.2 Å². The van der Waals surface area contributed by atoms with Crippen molar-refractivity contribution in [1.82, 2.24) is 5.32 Å². The minimum absolute atomic E-state index is 0.0455. The van der Waals surface area contributed by atoms with Crippen LogP contribution in [0.5, 0.6) is 0 Å². The van der Waals surface area contributed by atoms with Crippen molar-refractivity contribution >= 4 is 23.3 Å². The third-order valence-corrected chi connectivity index (χ3v) is 2.77. The summed E-state index contributed by atoms with van der Waals surface area (Å²) in [4.78, 5) is 34.1. The number of nitro groups is 1. The first-order chi connectivity index (χ1) is 9.40. The van der Waals surface area contributed by atoms with Gasteiger partial charge in [-0.05, 0) is 19.1 Å². The second-order valence-corrected chi connectivity index (χ2v) is 3.95. The van der Waals surface area contributed by atoms with Crippen molar-refractivity contribution in [3.63, 3.8) is 0 Å². The molecule has 1 amide bonds. The van der Waals surface area contributed by atoms with Gasteiger partial charge in [-0.25, -0.2) is 4.79 Å². The van der Waals surface area contributed by atoms with E-state index in [-0.39, 0.29) is 12.5 Å². The predicted octanol–water partition coefficient (Wildman–Crippen LogP) is 0.865. The molecule has 0 heterocycles. The van der Waals surface area contributed by atoms with Crippen molar-refractivity contribution < 1.29 is 19.6 Å². The number of hydrogen-bond donors (Lipinski definition) is 2. The molecule has 0 radical (unpaired) electrons. The maximum absolute atomic E-state index is 11.4. The highest BCUT2D eigenvalue weighted by molar-refractivity contribution is 5.94. The van der Waals surface area contributed by atoms with Gasteiger partial charge in [-0.1, -0.05) is 0 Å². The molecule has 0 unspecified atom stereocenters. The largest absolute Gasteiger partial charge is 0.477 e. The molecule has 0 saturated carbocycles. The first kappa shape index (κ1) is 15.4. The number of carbonyl (C=O) groups is 2. The minimum Gasteiger partial charge on any atom is -0.477 e. The van der Waals surface area contributed by atoms with Crippen molar-refractivity contribution in [3.8, 4) is 0 Å². The highest BCUT2D eigenvalue weighted by Gasteiger charge is 2.21. The molecule has 8 heteroatoms. The van der Waals surface area contributed by atoms with E-state index in [1.54, 1.807) is 11.8 Å². The van der Waals surface area contributed by atoms with Crippen molar-refractivity contribution in [1.29, 1.82) is 0 Å². The van der Waals surface area contributed by atoms with E-state index in [1.165, 1.54) is 19.2 Å². The molecule has 0 aliphatic carbocycles. The number of carboxylic acids is 1. The second-order valence-electron chi connectivity index (χ2n) is 3.95. The number of carboxylic acid groups (broad SMARTS) is 1. The molecule has 0 aromatic heterocycles. The van der Waals surface area contributed by atoms with Crippen LogP contribution in [0.4, 0.5) is 11.4 Å². The van der Waals surface area contributed by atoms with E-state index in [4.69, 9.17) is 5.11 Å². The molecule has 0 fully saturated rings. The number of nitrogens with zero attached hydrogens (tertiary/aromatic N) is 2. The number of nitrogens with one attached hydrogen (secondary N) is 1. The number of benzene rings is 1. The monoisotopic (exact) mass is 281 g/mol.